The van der Waals surface area contributed by atoms with E-state index in [2.05, 4.69) is 31.6 Å². The van der Waals surface area contributed by atoms with Gasteiger partial charge in [0.15, 0.2) is 5.69 Å². The van der Waals surface area contributed by atoms with Crippen molar-refractivity contribution < 1.29 is 9.53 Å². The summed E-state index contributed by atoms with van der Waals surface area (Å²) in [6, 6.07) is 4.42. The first-order valence-electron chi connectivity index (χ1n) is 10.2. The van der Waals surface area contributed by atoms with E-state index in [0.717, 1.165) is 31.5 Å². The molecule has 2 aliphatic rings. The number of carbonyl (C=O) groups is 1. The lowest BCUT2D eigenvalue weighted by Gasteiger charge is -2.34. The lowest BCUT2D eigenvalue weighted by molar-refractivity contribution is 0.0161. The Morgan fingerprint density at radius 1 is 1.25 bits per heavy atom. The molecule has 1 saturated heterocycles. The zero-order valence-corrected chi connectivity index (χ0v) is 16.2. The highest BCUT2D eigenvalue weighted by atomic mass is 16.5. The molecule has 8 nitrogen and oxygen atoms in total. The molecule has 3 heterocycles. The van der Waals surface area contributed by atoms with Gasteiger partial charge in [0.1, 0.15) is 0 Å². The first kappa shape index (κ1) is 19.0. The smallest absolute Gasteiger partial charge is 0.273 e. The van der Waals surface area contributed by atoms with Crippen LogP contribution in [0.4, 0.5) is 0 Å². The Morgan fingerprint density at radius 2 is 2.07 bits per heavy atom. The van der Waals surface area contributed by atoms with E-state index < -0.39 is 0 Å². The quantitative estimate of drug-likeness (QED) is 0.820. The number of hydrogen-bond acceptors (Lipinski definition) is 6. The van der Waals surface area contributed by atoms with Crippen LogP contribution >= 0.6 is 0 Å². The lowest BCUT2D eigenvalue weighted by atomic mass is 9.96. The van der Waals surface area contributed by atoms with Crippen LogP contribution in [0.5, 0.6) is 0 Å². The molecule has 0 aromatic carbocycles. The number of aromatic nitrogens is 4. The largest absolute Gasteiger partial charge is 0.379 e. The van der Waals surface area contributed by atoms with Crippen molar-refractivity contribution in [1.29, 1.82) is 0 Å². The summed E-state index contributed by atoms with van der Waals surface area (Å²) in [6.45, 7) is 3.60. The summed E-state index contributed by atoms with van der Waals surface area (Å²) >= 11 is 0. The minimum atomic E-state index is -0.177. The van der Waals surface area contributed by atoms with Crippen molar-refractivity contribution in [3.05, 3.63) is 42.0 Å². The van der Waals surface area contributed by atoms with Crippen molar-refractivity contribution in [2.75, 3.05) is 32.8 Å². The number of rotatable bonds is 6. The van der Waals surface area contributed by atoms with Crippen LogP contribution in [0.2, 0.25) is 0 Å². The van der Waals surface area contributed by atoms with Crippen LogP contribution in [0.15, 0.2) is 30.7 Å². The van der Waals surface area contributed by atoms with Crippen molar-refractivity contribution in [1.82, 2.24) is 30.2 Å². The van der Waals surface area contributed by atoms with Crippen LogP contribution in [0.25, 0.3) is 0 Å². The van der Waals surface area contributed by atoms with E-state index in [4.69, 9.17) is 4.74 Å². The van der Waals surface area contributed by atoms with Crippen LogP contribution in [0, 0.1) is 0 Å². The molecule has 150 valence electrons. The summed E-state index contributed by atoms with van der Waals surface area (Å²) in [5, 5.41) is 11.4. The molecule has 0 radical (unpaired) electrons. The van der Waals surface area contributed by atoms with Gasteiger partial charge in [-0.2, -0.15) is 0 Å². The Morgan fingerprint density at radius 3 is 2.82 bits per heavy atom. The predicted molar refractivity (Wildman–Crippen MR) is 104 cm³/mol. The molecule has 1 aliphatic carbocycles. The summed E-state index contributed by atoms with van der Waals surface area (Å²) < 4.78 is 7.35. The molecule has 1 saturated carbocycles. The zero-order valence-electron chi connectivity index (χ0n) is 16.2. The van der Waals surface area contributed by atoms with Crippen molar-refractivity contribution in [3.63, 3.8) is 0 Å². The van der Waals surface area contributed by atoms with E-state index in [1.54, 1.807) is 12.4 Å². The summed E-state index contributed by atoms with van der Waals surface area (Å²) in [7, 11) is 0. The van der Waals surface area contributed by atoms with Crippen molar-refractivity contribution in [2.24, 2.45) is 0 Å². The molecule has 0 unspecified atom stereocenters. The van der Waals surface area contributed by atoms with E-state index in [1.165, 1.54) is 19.3 Å². The fourth-order valence-electron chi connectivity index (χ4n) is 4.10. The van der Waals surface area contributed by atoms with E-state index in [9.17, 15) is 4.79 Å². The normalized spacial score (nSPS) is 20.0. The predicted octanol–water partition coefficient (Wildman–Crippen LogP) is 1.98. The second kappa shape index (κ2) is 9.25. The Hall–Kier alpha value is -2.32. The molecule has 1 atom stereocenters. The average molecular weight is 384 g/mol. The van der Waals surface area contributed by atoms with Gasteiger partial charge in [-0.05, 0) is 24.5 Å². The summed E-state index contributed by atoms with van der Waals surface area (Å²) in [4.78, 5) is 19.3. The molecule has 1 aliphatic heterocycles. The third-order valence-electron chi connectivity index (χ3n) is 5.70. The van der Waals surface area contributed by atoms with Gasteiger partial charge in [-0.1, -0.05) is 30.5 Å². The van der Waals surface area contributed by atoms with Gasteiger partial charge in [0.05, 0.1) is 31.5 Å². The molecular weight excluding hydrogens is 356 g/mol. The Labute approximate surface area is 165 Å². The Balaban J connectivity index is 1.40. The number of pyridine rings is 1. The molecule has 1 N–H and O–H groups in total. The highest BCUT2D eigenvalue weighted by Gasteiger charge is 2.24. The highest BCUT2D eigenvalue weighted by molar-refractivity contribution is 5.91. The topological polar surface area (TPSA) is 85.2 Å². The fourth-order valence-corrected chi connectivity index (χ4v) is 4.10. The van der Waals surface area contributed by atoms with Crippen LogP contribution in [0.3, 0.4) is 0 Å². The molecule has 0 spiro atoms. The van der Waals surface area contributed by atoms with E-state index in [1.807, 2.05) is 16.9 Å². The van der Waals surface area contributed by atoms with Crippen molar-refractivity contribution in [3.8, 4) is 0 Å². The summed E-state index contributed by atoms with van der Waals surface area (Å²) in [5.74, 6) is -0.177. The monoisotopic (exact) mass is 384 g/mol. The molecule has 0 bridgehead atoms. The minimum Gasteiger partial charge on any atom is -0.379 e. The molecule has 2 fully saturated rings. The Bertz CT molecular complexity index is 753. The first-order valence-corrected chi connectivity index (χ1v) is 10.2. The number of morpholine rings is 1. The molecule has 2 aromatic rings. The van der Waals surface area contributed by atoms with Crippen LogP contribution in [-0.4, -0.2) is 63.6 Å². The number of amides is 1. The summed E-state index contributed by atoms with van der Waals surface area (Å²) in [5.41, 5.74) is 1.48. The molecule has 4 rings (SSSR count). The summed E-state index contributed by atoms with van der Waals surface area (Å²) in [6.07, 6.45) is 11.4. The average Bonchev–Trinajstić information content (AvgIpc) is 3.26. The zero-order chi connectivity index (χ0) is 19.2. The Kier molecular flexibility index (Phi) is 6.28. The van der Waals surface area contributed by atoms with Crippen LogP contribution in [0.1, 0.15) is 60.2 Å². The van der Waals surface area contributed by atoms with Gasteiger partial charge in [0.25, 0.3) is 5.91 Å². The van der Waals surface area contributed by atoms with Gasteiger partial charge in [-0.25, -0.2) is 4.68 Å². The molecule has 28 heavy (non-hydrogen) atoms. The van der Waals surface area contributed by atoms with Gasteiger partial charge in [0.2, 0.25) is 0 Å². The van der Waals surface area contributed by atoms with Gasteiger partial charge < -0.3 is 10.1 Å². The third kappa shape index (κ3) is 4.56. The maximum atomic E-state index is 12.7. The van der Waals surface area contributed by atoms with Gasteiger partial charge in [-0.3, -0.25) is 14.7 Å². The van der Waals surface area contributed by atoms with Gasteiger partial charge in [0, 0.05) is 32.0 Å². The van der Waals surface area contributed by atoms with Crippen molar-refractivity contribution in [2.45, 2.75) is 44.2 Å². The molecule has 1 amide bonds. The highest BCUT2D eigenvalue weighted by Crippen LogP contribution is 2.27. The number of hydrogen-bond donors (Lipinski definition) is 1. The maximum absolute atomic E-state index is 12.7. The maximum Gasteiger partial charge on any atom is 0.273 e. The van der Waals surface area contributed by atoms with Gasteiger partial charge in [-0.15, -0.1) is 5.10 Å². The molecule has 8 heteroatoms. The fraction of sp³-hybridized carbons (Fsp3) is 0.600. The van der Waals surface area contributed by atoms with Gasteiger partial charge >= 0.3 is 0 Å². The third-order valence-corrected chi connectivity index (χ3v) is 5.70. The number of nitrogens with zero attached hydrogens (tertiary/aromatic N) is 5. The molecule has 2 aromatic heterocycles. The van der Waals surface area contributed by atoms with Crippen molar-refractivity contribution >= 4 is 5.91 Å². The van der Waals surface area contributed by atoms with E-state index in [0.29, 0.717) is 31.5 Å². The van der Waals surface area contributed by atoms with E-state index >= 15 is 0 Å². The van der Waals surface area contributed by atoms with Crippen LogP contribution < -0.4 is 5.32 Å². The van der Waals surface area contributed by atoms with E-state index in [-0.39, 0.29) is 11.9 Å². The SMILES string of the molecule is O=C(NC[C@H](c1cccnc1)N1CCOCC1)c1cn(C2CCCCC2)nn1. The molecular formula is C20H28N6O2. The minimum absolute atomic E-state index is 0.0648. The number of nitrogens with one attached hydrogen (secondary N) is 1. The lowest BCUT2D eigenvalue weighted by Crippen LogP contribution is -2.43. The number of ether oxygens (including phenoxy) is 1. The van der Waals surface area contributed by atoms with Crippen LogP contribution in [-0.2, 0) is 4.74 Å². The standard InChI is InChI=1S/C20H28N6O2/c27-20(18-15-26(24-23-18)17-6-2-1-3-7-17)22-14-19(16-5-4-8-21-13-16)25-9-11-28-12-10-25/h4-5,8,13,15,17,19H,1-3,6-7,9-12,14H2,(H,22,27)/t19-/m1/s1. The number of carbonyl (C=O) groups excluding carboxylic acids is 1. The second-order valence-corrected chi connectivity index (χ2v) is 7.54. The second-order valence-electron chi connectivity index (χ2n) is 7.54. The first-order chi connectivity index (χ1) is 13.8.